The molecule has 2 aromatic rings. The molecular weight excluding hydrogens is 344 g/mol. The Morgan fingerprint density at radius 1 is 1.04 bits per heavy atom. The van der Waals surface area contributed by atoms with Gasteiger partial charge in [0.2, 0.25) is 5.91 Å². The van der Waals surface area contributed by atoms with Crippen molar-refractivity contribution in [3.63, 3.8) is 0 Å². The van der Waals surface area contributed by atoms with Crippen molar-refractivity contribution < 1.29 is 14.3 Å². The van der Waals surface area contributed by atoms with Crippen LogP contribution in [0.5, 0.6) is 0 Å². The number of likely N-dealkylation sites (tertiary alicyclic amines) is 1. The third kappa shape index (κ3) is 3.39. The smallest absolute Gasteiger partial charge is 0.254 e. The Balaban J connectivity index is 1.58. The van der Waals surface area contributed by atoms with Crippen LogP contribution in [-0.4, -0.2) is 70.5 Å². The molecule has 2 fully saturated rings. The van der Waals surface area contributed by atoms with Gasteiger partial charge in [-0.1, -0.05) is 0 Å². The summed E-state index contributed by atoms with van der Waals surface area (Å²) in [6.07, 6.45) is 1.56. The Morgan fingerprint density at radius 3 is 2.48 bits per heavy atom. The van der Waals surface area contributed by atoms with Crippen molar-refractivity contribution in [3.05, 3.63) is 35.2 Å². The number of hydrogen-bond acceptors (Lipinski definition) is 5. The summed E-state index contributed by atoms with van der Waals surface area (Å²) >= 11 is 0. The highest BCUT2D eigenvalue weighted by atomic mass is 16.5. The molecule has 0 spiro atoms. The molecule has 0 unspecified atom stereocenters. The van der Waals surface area contributed by atoms with E-state index in [2.05, 4.69) is 9.97 Å². The molecule has 27 heavy (non-hydrogen) atoms. The Bertz CT molecular complexity index is 892. The van der Waals surface area contributed by atoms with Gasteiger partial charge in [-0.15, -0.1) is 0 Å². The van der Waals surface area contributed by atoms with Crippen molar-refractivity contribution in [1.29, 1.82) is 0 Å². The molecule has 1 aromatic heterocycles. The average molecular weight is 368 g/mol. The van der Waals surface area contributed by atoms with Crippen molar-refractivity contribution in [3.8, 4) is 0 Å². The zero-order valence-corrected chi connectivity index (χ0v) is 15.8. The van der Waals surface area contributed by atoms with E-state index in [0.29, 0.717) is 50.3 Å². The van der Waals surface area contributed by atoms with Gasteiger partial charge in [0.1, 0.15) is 6.04 Å². The Hall–Kier alpha value is -2.54. The first-order valence-electron chi connectivity index (χ1n) is 9.47. The summed E-state index contributed by atoms with van der Waals surface area (Å²) < 4.78 is 5.33. The summed E-state index contributed by atoms with van der Waals surface area (Å²) in [4.78, 5) is 38.6. The molecule has 4 rings (SSSR count). The van der Waals surface area contributed by atoms with Gasteiger partial charge >= 0.3 is 0 Å². The fourth-order valence-electron chi connectivity index (χ4n) is 3.79. The van der Waals surface area contributed by atoms with Gasteiger partial charge < -0.3 is 14.5 Å². The zero-order valence-electron chi connectivity index (χ0n) is 15.8. The van der Waals surface area contributed by atoms with Crippen LogP contribution in [0, 0.1) is 13.8 Å². The first-order valence-corrected chi connectivity index (χ1v) is 9.47. The van der Waals surface area contributed by atoms with Gasteiger partial charge in [-0.3, -0.25) is 9.59 Å². The second-order valence-corrected chi connectivity index (χ2v) is 7.19. The van der Waals surface area contributed by atoms with E-state index in [4.69, 9.17) is 4.74 Å². The highest BCUT2D eigenvalue weighted by Gasteiger charge is 2.37. The van der Waals surface area contributed by atoms with Gasteiger partial charge in [0.05, 0.1) is 35.6 Å². The Kier molecular flexibility index (Phi) is 4.78. The van der Waals surface area contributed by atoms with E-state index in [1.165, 1.54) is 0 Å². The fourth-order valence-corrected chi connectivity index (χ4v) is 3.79. The number of hydrogen-bond donors (Lipinski definition) is 0. The van der Waals surface area contributed by atoms with Crippen molar-refractivity contribution in [2.75, 3.05) is 32.8 Å². The fraction of sp³-hybridized carbons (Fsp3) is 0.500. The van der Waals surface area contributed by atoms with E-state index in [1.54, 1.807) is 17.0 Å². The van der Waals surface area contributed by atoms with Gasteiger partial charge in [-0.25, -0.2) is 9.97 Å². The Labute approximate surface area is 158 Å². The molecular formula is C20H24N4O3. The lowest BCUT2D eigenvalue weighted by molar-refractivity contribution is -0.139. The minimum absolute atomic E-state index is 0.0381. The van der Waals surface area contributed by atoms with Crippen molar-refractivity contribution in [2.45, 2.75) is 32.7 Å². The van der Waals surface area contributed by atoms with Crippen LogP contribution in [-0.2, 0) is 9.53 Å². The van der Waals surface area contributed by atoms with Gasteiger partial charge in [0.15, 0.2) is 0 Å². The summed E-state index contributed by atoms with van der Waals surface area (Å²) in [7, 11) is 0. The molecule has 0 radical (unpaired) electrons. The molecule has 0 N–H and O–H groups in total. The van der Waals surface area contributed by atoms with E-state index in [-0.39, 0.29) is 17.9 Å². The van der Waals surface area contributed by atoms with Crippen molar-refractivity contribution in [2.24, 2.45) is 0 Å². The Morgan fingerprint density at radius 2 is 1.74 bits per heavy atom. The summed E-state index contributed by atoms with van der Waals surface area (Å²) in [6.45, 7) is 6.77. The van der Waals surface area contributed by atoms with E-state index >= 15 is 0 Å². The zero-order chi connectivity index (χ0) is 19.0. The quantitative estimate of drug-likeness (QED) is 0.807. The molecule has 2 aliphatic rings. The number of rotatable bonds is 2. The topological polar surface area (TPSA) is 75.6 Å². The molecule has 7 heteroatoms. The summed E-state index contributed by atoms with van der Waals surface area (Å²) in [5.41, 5.74) is 3.78. The predicted octanol–water partition coefficient (Wildman–Crippen LogP) is 1.71. The van der Waals surface area contributed by atoms with Crippen LogP contribution in [0.4, 0.5) is 0 Å². The SMILES string of the molecule is Cc1nc2ccc(C(=O)N3CCC[C@@H]3C(=O)N3CCOCC3)cc2nc1C. The van der Waals surface area contributed by atoms with Crippen LogP contribution in [0.2, 0.25) is 0 Å². The van der Waals surface area contributed by atoms with Crippen LogP contribution in [0.15, 0.2) is 18.2 Å². The van der Waals surface area contributed by atoms with Gasteiger partial charge in [-0.05, 0) is 44.9 Å². The first-order chi connectivity index (χ1) is 13.0. The number of fused-ring (bicyclic) bond motifs is 1. The molecule has 3 heterocycles. The monoisotopic (exact) mass is 368 g/mol. The van der Waals surface area contributed by atoms with E-state index in [0.717, 1.165) is 23.3 Å². The number of morpholine rings is 1. The van der Waals surface area contributed by atoms with Crippen molar-refractivity contribution >= 4 is 22.8 Å². The summed E-state index contributed by atoms with van der Waals surface area (Å²) in [6, 6.07) is 5.02. The molecule has 7 nitrogen and oxygen atoms in total. The first kappa shape index (κ1) is 17.9. The normalized spacial score (nSPS) is 20.3. The van der Waals surface area contributed by atoms with E-state index < -0.39 is 0 Å². The van der Waals surface area contributed by atoms with Gasteiger partial charge in [-0.2, -0.15) is 0 Å². The van der Waals surface area contributed by atoms with Gasteiger partial charge in [0, 0.05) is 25.2 Å². The highest BCUT2D eigenvalue weighted by Crippen LogP contribution is 2.24. The van der Waals surface area contributed by atoms with Gasteiger partial charge in [0.25, 0.3) is 5.91 Å². The van der Waals surface area contributed by atoms with Crippen LogP contribution in [0.3, 0.4) is 0 Å². The number of nitrogens with zero attached hydrogens (tertiary/aromatic N) is 4. The summed E-state index contributed by atoms with van der Waals surface area (Å²) in [5, 5.41) is 0. The number of amides is 2. The van der Waals surface area contributed by atoms with Crippen LogP contribution < -0.4 is 0 Å². The lowest BCUT2D eigenvalue weighted by Gasteiger charge is -2.32. The number of carbonyl (C=O) groups excluding carboxylic acids is 2. The lowest BCUT2D eigenvalue weighted by Crippen LogP contribution is -2.51. The number of ether oxygens (including phenoxy) is 1. The highest BCUT2D eigenvalue weighted by molar-refractivity contribution is 6.00. The van der Waals surface area contributed by atoms with Crippen LogP contribution in [0.1, 0.15) is 34.6 Å². The largest absolute Gasteiger partial charge is 0.378 e. The van der Waals surface area contributed by atoms with Crippen LogP contribution in [0.25, 0.3) is 11.0 Å². The maximum Gasteiger partial charge on any atom is 0.254 e. The van der Waals surface area contributed by atoms with Crippen LogP contribution >= 0.6 is 0 Å². The minimum Gasteiger partial charge on any atom is -0.378 e. The summed E-state index contributed by atoms with van der Waals surface area (Å²) in [5.74, 6) is -0.0720. The maximum absolute atomic E-state index is 13.1. The van der Waals surface area contributed by atoms with E-state index in [1.807, 2.05) is 24.8 Å². The molecule has 142 valence electrons. The minimum atomic E-state index is -0.378. The third-order valence-electron chi connectivity index (χ3n) is 5.44. The standard InChI is InChI=1S/C20H24N4O3/c1-13-14(2)22-17-12-15(5-6-16(17)21-13)19(25)24-7-3-4-18(24)20(26)23-8-10-27-11-9-23/h5-6,12,18H,3-4,7-11H2,1-2H3/t18-/m1/s1. The molecule has 2 aliphatic heterocycles. The third-order valence-corrected chi connectivity index (χ3v) is 5.44. The molecule has 2 saturated heterocycles. The van der Waals surface area contributed by atoms with E-state index in [9.17, 15) is 9.59 Å². The number of aromatic nitrogens is 2. The number of aryl methyl sites for hydroxylation is 2. The average Bonchev–Trinajstić information content (AvgIpc) is 3.18. The molecule has 0 aliphatic carbocycles. The molecule has 0 saturated carbocycles. The van der Waals surface area contributed by atoms with Crippen molar-refractivity contribution in [1.82, 2.24) is 19.8 Å². The lowest BCUT2D eigenvalue weighted by atomic mass is 10.1. The number of benzene rings is 1. The second kappa shape index (κ2) is 7.23. The molecule has 0 bridgehead atoms. The molecule has 1 aromatic carbocycles. The molecule has 1 atom stereocenters. The maximum atomic E-state index is 13.1. The second-order valence-electron chi connectivity index (χ2n) is 7.19. The number of carbonyl (C=O) groups is 2. The molecule has 2 amide bonds. The predicted molar refractivity (Wildman–Crippen MR) is 100 cm³/mol.